The third kappa shape index (κ3) is 9.48. The van der Waals surface area contributed by atoms with Crippen LogP contribution in [0.1, 0.15) is 33.1 Å². The molecule has 84 valence electrons. The van der Waals surface area contributed by atoms with Gasteiger partial charge in [-0.3, -0.25) is 4.79 Å². The molecule has 0 unspecified atom stereocenters. The molecule has 4 heteroatoms. The predicted octanol–water partition coefficient (Wildman–Crippen LogP) is 0.230. The molecule has 0 bridgehead atoms. The maximum atomic E-state index is 11.2. The molecule has 0 radical (unpaired) electrons. The summed E-state index contributed by atoms with van der Waals surface area (Å²) in [6, 6.07) is 0.496. The summed E-state index contributed by atoms with van der Waals surface area (Å²) >= 11 is 0. The van der Waals surface area contributed by atoms with Crippen molar-refractivity contribution >= 4 is 5.91 Å². The topological polar surface area (TPSA) is 67.2 Å². The number of nitrogens with one attached hydrogen (secondary N) is 2. The van der Waals surface area contributed by atoms with Crippen LogP contribution in [0.3, 0.4) is 0 Å². The Morgan fingerprint density at radius 2 is 2.00 bits per heavy atom. The lowest BCUT2D eigenvalue weighted by Crippen LogP contribution is -2.28. The molecular weight excluding hydrogens is 178 g/mol. The van der Waals surface area contributed by atoms with E-state index >= 15 is 0 Å². The predicted molar refractivity (Wildman–Crippen MR) is 59.1 cm³/mol. The highest BCUT2D eigenvalue weighted by atomic mass is 16.1. The molecule has 0 aromatic rings. The number of rotatable bonds is 8. The lowest BCUT2D eigenvalue weighted by Gasteiger charge is -2.07. The Hall–Kier alpha value is -0.610. The van der Waals surface area contributed by atoms with Crippen LogP contribution in [0.25, 0.3) is 0 Å². The lowest BCUT2D eigenvalue weighted by atomic mass is 10.2. The summed E-state index contributed by atoms with van der Waals surface area (Å²) in [6.07, 6.45) is 2.35. The van der Waals surface area contributed by atoms with Gasteiger partial charge in [0.1, 0.15) is 0 Å². The molecule has 0 aliphatic heterocycles. The summed E-state index contributed by atoms with van der Waals surface area (Å²) in [6.45, 7) is 6.44. The standard InChI is InChI=1S/C10H23N3O/c1-9(2)12-7-3-5-10(14)13-8-4-6-11/h9,12H,3-8,11H2,1-2H3,(H,13,14). The van der Waals surface area contributed by atoms with Gasteiger partial charge in [-0.25, -0.2) is 0 Å². The Kier molecular flexibility index (Phi) is 8.57. The molecule has 0 heterocycles. The van der Waals surface area contributed by atoms with Crippen molar-refractivity contribution < 1.29 is 4.79 Å². The number of hydrogen-bond donors (Lipinski definition) is 3. The Morgan fingerprint density at radius 1 is 1.29 bits per heavy atom. The number of hydrogen-bond acceptors (Lipinski definition) is 3. The molecule has 4 N–H and O–H groups in total. The van der Waals surface area contributed by atoms with E-state index in [0.29, 0.717) is 25.6 Å². The van der Waals surface area contributed by atoms with Gasteiger partial charge in [0.05, 0.1) is 0 Å². The average molecular weight is 201 g/mol. The second-order valence-electron chi connectivity index (χ2n) is 3.70. The fourth-order valence-electron chi connectivity index (χ4n) is 1.06. The summed E-state index contributed by atoms with van der Waals surface area (Å²) in [5.74, 6) is 0.129. The summed E-state index contributed by atoms with van der Waals surface area (Å²) in [7, 11) is 0. The van der Waals surface area contributed by atoms with E-state index < -0.39 is 0 Å². The molecule has 0 aliphatic carbocycles. The van der Waals surface area contributed by atoms with Gasteiger partial charge < -0.3 is 16.4 Å². The molecule has 0 saturated carbocycles. The van der Waals surface area contributed by atoms with Crippen molar-refractivity contribution in [2.45, 2.75) is 39.2 Å². The Bertz CT molecular complexity index is 148. The van der Waals surface area contributed by atoms with Crippen molar-refractivity contribution in [1.82, 2.24) is 10.6 Å². The first kappa shape index (κ1) is 13.4. The van der Waals surface area contributed by atoms with Gasteiger partial charge in [-0.2, -0.15) is 0 Å². The molecule has 14 heavy (non-hydrogen) atoms. The monoisotopic (exact) mass is 201 g/mol. The minimum Gasteiger partial charge on any atom is -0.356 e. The number of carbonyl (C=O) groups is 1. The Morgan fingerprint density at radius 3 is 2.57 bits per heavy atom. The van der Waals surface area contributed by atoms with Crippen LogP contribution in [0.4, 0.5) is 0 Å². The van der Waals surface area contributed by atoms with E-state index in [2.05, 4.69) is 24.5 Å². The van der Waals surface area contributed by atoms with Crippen LogP contribution >= 0.6 is 0 Å². The zero-order valence-corrected chi connectivity index (χ0v) is 9.31. The van der Waals surface area contributed by atoms with Crippen LogP contribution in [0.5, 0.6) is 0 Å². The molecule has 0 rings (SSSR count). The highest BCUT2D eigenvalue weighted by Gasteiger charge is 1.99. The van der Waals surface area contributed by atoms with Crippen molar-refractivity contribution in [3.63, 3.8) is 0 Å². The van der Waals surface area contributed by atoms with Gasteiger partial charge in [-0.05, 0) is 25.9 Å². The summed E-state index contributed by atoms with van der Waals surface area (Å²) in [5.41, 5.74) is 5.31. The maximum Gasteiger partial charge on any atom is 0.220 e. The van der Waals surface area contributed by atoms with E-state index in [9.17, 15) is 4.79 Å². The highest BCUT2D eigenvalue weighted by Crippen LogP contribution is 1.88. The van der Waals surface area contributed by atoms with E-state index in [1.54, 1.807) is 0 Å². The van der Waals surface area contributed by atoms with Gasteiger partial charge in [0.25, 0.3) is 0 Å². The maximum absolute atomic E-state index is 11.2. The average Bonchev–Trinajstić information content (AvgIpc) is 2.13. The zero-order chi connectivity index (χ0) is 10.8. The first-order chi connectivity index (χ1) is 6.66. The van der Waals surface area contributed by atoms with Crippen molar-refractivity contribution in [1.29, 1.82) is 0 Å². The third-order valence-corrected chi connectivity index (χ3v) is 1.84. The smallest absolute Gasteiger partial charge is 0.220 e. The Balaban J connectivity index is 3.18. The van der Waals surface area contributed by atoms with Crippen LogP contribution in [0, 0.1) is 0 Å². The second-order valence-corrected chi connectivity index (χ2v) is 3.70. The summed E-state index contributed by atoms with van der Waals surface area (Å²) in [4.78, 5) is 11.2. The van der Waals surface area contributed by atoms with E-state index in [0.717, 1.165) is 19.4 Å². The molecule has 0 fully saturated rings. The number of amides is 1. The molecule has 0 aromatic carbocycles. The van der Waals surface area contributed by atoms with Crippen LogP contribution in [-0.2, 0) is 4.79 Å². The second kappa shape index (κ2) is 8.97. The van der Waals surface area contributed by atoms with Crippen molar-refractivity contribution in [2.24, 2.45) is 5.73 Å². The van der Waals surface area contributed by atoms with Crippen molar-refractivity contribution in [3.05, 3.63) is 0 Å². The Labute approximate surface area is 86.6 Å². The fraction of sp³-hybridized carbons (Fsp3) is 0.900. The van der Waals surface area contributed by atoms with Crippen LogP contribution in [0.2, 0.25) is 0 Å². The van der Waals surface area contributed by atoms with Crippen LogP contribution in [0.15, 0.2) is 0 Å². The van der Waals surface area contributed by atoms with E-state index in [1.807, 2.05) is 0 Å². The lowest BCUT2D eigenvalue weighted by molar-refractivity contribution is -0.121. The largest absolute Gasteiger partial charge is 0.356 e. The van der Waals surface area contributed by atoms with Crippen LogP contribution in [-0.4, -0.2) is 31.6 Å². The SMILES string of the molecule is CC(C)NCCCC(=O)NCCCN. The fourth-order valence-corrected chi connectivity index (χ4v) is 1.06. The first-order valence-corrected chi connectivity index (χ1v) is 5.37. The minimum absolute atomic E-state index is 0.129. The summed E-state index contributed by atoms with van der Waals surface area (Å²) < 4.78 is 0. The molecule has 0 aromatic heterocycles. The van der Waals surface area contributed by atoms with E-state index in [-0.39, 0.29) is 5.91 Å². The van der Waals surface area contributed by atoms with Gasteiger partial charge in [0, 0.05) is 19.0 Å². The van der Waals surface area contributed by atoms with Crippen LogP contribution < -0.4 is 16.4 Å². The molecule has 4 nitrogen and oxygen atoms in total. The zero-order valence-electron chi connectivity index (χ0n) is 9.31. The molecule has 1 amide bonds. The highest BCUT2D eigenvalue weighted by molar-refractivity contribution is 5.75. The van der Waals surface area contributed by atoms with E-state index in [4.69, 9.17) is 5.73 Å². The molecule has 0 saturated heterocycles. The molecule has 0 aliphatic rings. The normalized spacial score (nSPS) is 10.6. The molecule has 0 spiro atoms. The number of carbonyl (C=O) groups excluding carboxylic acids is 1. The van der Waals surface area contributed by atoms with Gasteiger partial charge in [-0.1, -0.05) is 13.8 Å². The van der Waals surface area contributed by atoms with Crippen molar-refractivity contribution in [3.8, 4) is 0 Å². The molecular formula is C10H23N3O. The van der Waals surface area contributed by atoms with Crippen molar-refractivity contribution in [2.75, 3.05) is 19.6 Å². The van der Waals surface area contributed by atoms with Gasteiger partial charge in [0.2, 0.25) is 5.91 Å². The van der Waals surface area contributed by atoms with Gasteiger partial charge >= 0.3 is 0 Å². The molecule has 0 atom stereocenters. The minimum atomic E-state index is 0.129. The van der Waals surface area contributed by atoms with E-state index in [1.165, 1.54) is 0 Å². The van der Waals surface area contributed by atoms with Gasteiger partial charge in [0.15, 0.2) is 0 Å². The number of nitrogens with two attached hydrogens (primary N) is 1. The summed E-state index contributed by atoms with van der Waals surface area (Å²) in [5, 5.41) is 6.09. The first-order valence-electron chi connectivity index (χ1n) is 5.37. The quantitative estimate of drug-likeness (QED) is 0.492. The third-order valence-electron chi connectivity index (χ3n) is 1.84. The van der Waals surface area contributed by atoms with Gasteiger partial charge in [-0.15, -0.1) is 0 Å².